The first-order chi connectivity index (χ1) is 7.49. The van der Waals surface area contributed by atoms with Crippen LogP contribution >= 0.6 is 0 Å². The van der Waals surface area contributed by atoms with Crippen LogP contribution in [0.25, 0.3) is 0 Å². The average Bonchev–Trinajstić information content (AvgIpc) is 2.24. The molecule has 90 valence electrons. The molecule has 2 heteroatoms. The first-order valence-corrected chi connectivity index (χ1v) is 5.74. The van der Waals surface area contributed by atoms with E-state index < -0.39 is 0 Å². The second-order valence-corrected chi connectivity index (χ2v) is 4.91. The molecule has 0 saturated heterocycles. The highest BCUT2D eigenvalue weighted by Crippen LogP contribution is 2.28. The minimum atomic E-state index is 0.160. The van der Waals surface area contributed by atoms with Crippen molar-refractivity contribution in [3.63, 3.8) is 0 Å². The Kier molecular flexibility index (Phi) is 4.36. The fraction of sp³-hybridized carbons (Fsp3) is 0.571. The van der Waals surface area contributed by atoms with Crippen LogP contribution < -0.4 is 4.74 Å². The summed E-state index contributed by atoms with van der Waals surface area (Å²) in [5.74, 6) is 0.904. The van der Waals surface area contributed by atoms with Gasteiger partial charge in [-0.2, -0.15) is 0 Å². The molecule has 0 N–H and O–H groups in total. The highest BCUT2D eigenvalue weighted by molar-refractivity contribution is 5.39. The maximum Gasteiger partial charge on any atom is 0.124 e. The molecule has 0 atom stereocenters. The van der Waals surface area contributed by atoms with E-state index in [1.54, 1.807) is 7.11 Å². The maximum atomic E-state index is 5.45. The first-order valence-electron chi connectivity index (χ1n) is 5.74. The molecule has 2 nitrogen and oxygen atoms in total. The van der Waals surface area contributed by atoms with Crippen LogP contribution in [-0.2, 0) is 16.8 Å². The van der Waals surface area contributed by atoms with Crippen molar-refractivity contribution in [3.8, 4) is 5.75 Å². The van der Waals surface area contributed by atoms with E-state index in [1.807, 2.05) is 13.0 Å². The molecule has 0 aliphatic rings. The van der Waals surface area contributed by atoms with E-state index in [-0.39, 0.29) is 5.41 Å². The molecule has 0 unspecified atom stereocenters. The topological polar surface area (TPSA) is 18.5 Å². The summed E-state index contributed by atoms with van der Waals surface area (Å²) >= 11 is 0. The van der Waals surface area contributed by atoms with Gasteiger partial charge in [0.1, 0.15) is 5.75 Å². The van der Waals surface area contributed by atoms with Crippen molar-refractivity contribution in [1.29, 1.82) is 0 Å². The number of rotatable bonds is 4. The largest absolute Gasteiger partial charge is 0.496 e. The lowest BCUT2D eigenvalue weighted by molar-refractivity contribution is 0.132. The van der Waals surface area contributed by atoms with Gasteiger partial charge in [-0.05, 0) is 30.0 Å². The molecule has 16 heavy (non-hydrogen) atoms. The third-order valence-electron chi connectivity index (χ3n) is 2.61. The average molecular weight is 222 g/mol. The molecule has 1 aromatic rings. The van der Waals surface area contributed by atoms with E-state index in [4.69, 9.17) is 9.47 Å². The number of hydrogen-bond acceptors (Lipinski definition) is 2. The van der Waals surface area contributed by atoms with Crippen LogP contribution in [0.5, 0.6) is 5.75 Å². The van der Waals surface area contributed by atoms with Gasteiger partial charge in [-0.25, -0.2) is 0 Å². The highest BCUT2D eigenvalue weighted by atomic mass is 16.5. The van der Waals surface area contributed by atoms with Gasteiger partial charge in [-0.1, -0.05) is 26.8 Å². The fourth-order valence-corrected chi connectivity index (χ4v) is 1.57. The molecule has 0 aliphatic heterocycles. The van der Waals surface area contributed by atoms with E-state index in [0.29, 0.717) is 6.61 Å². The summed E-state index contributed by atoms with van der Waals surface area (Å²) in [6, 6.07) is 6.32. The van der Waals surface area contributed by atoms with E-state index >= 15 is 0 Å². The van der Waals surface area contributed by atoms with Crippen molar-refractivity contribution in [3.05, 3.63) is 29.3 Å². The zero-order valence-corrected chi connectivity index (χ0v) is 11.0. The molecule has 0 bridgehead atoms. The highest BCUT2D eigenvalue weighted by Gasteiger charge is 2.15. The number of hydrogen-bond donors (Lipinski definition) is 0. The third-order valence-corrected chi connectivity index (χ3v) is 2.61. The molecule has 0 saturated carbocycles. The molecule has 0 aromatic heterocycles. The molecule has 0 radical (unpaired) electrons. The molecule has 0 fully saturated rings. The van der Waals surface area contributed by atoms with Gasteiger partial charge in [0.2, 0.25) is 0 Å². The van der Waals surface area contributed by atoms with Crippen molar-refractivity contribution in [2.24, 2.45) is 0 Å². The van der Waals surface area contributed by atoms with Crippen molar-refractivity contribution in [2.75, 3.05) is 13.7 Å². The molecular formula is C14H22O2. The lowest BCUT2D eigenvalue weighted by Gasteiger charge is -2.21. The van der Waals surface area contributed by atoms with E-state index in [9.17, 15) is 0 Å². The minimum absolute atomic E-state index is 0.160. The van der Waals surface area contributed by atoms with Crippen LogP contribution in [0.1, 0.15) is 38.8 Å². The van der Waals surface area contributed by atoms with Crippen LogP contribution in [0.4, 0.5) is 0 Å². The summed E-state index contributed by atoms with van der Waals surface area (Å²) in [4.78, 5) is 0. The Hall–Kier alpha value is -1.02. The maximum absolute atomic E-state index is 5.45. The van der Waals surface area contributed by atoms with Gasteiger partial charge in [0, 0.05) is 12.2 Å². The van der Waals surface area contributed by atoms with Crippen molar-refractivity contribution in [1.82, 2.24) is 0 Å². The lowest BCUT2D eigenvalue weighted by Crippen LogP contribution is -2.12. The number of ether oxygens (including phenoxy) is 2. The van der Waals surface area contributed by atoms with Crippen LogP contribution in [0.3, 0.4) is 0 Å². The fourth-order valence-electron chi connectivity index (χ4n) is 1.57. The van der Waals surface area contributed by atoms with E-state index in [2.05, 4.69) is 32.9 Å². The summed E-state index contributed by atoms with van der Waals surface area (Å²) in [6.45, 7) is 9.96. The van der Waals surface area contributed by atoms with Gasteiger partial charge in [-0.3, -0.25) is 0 Å². The second-order valence-electron chi connectivity index (χ2n) is 4.91. The van der Waals surface area contributed by atoms with E-state index in [0.717, 1.165) is 17.9 Å². The molecule has 0 amide bonds. The Bertz CT molecular complexity index is 337. The Morgan fingerprint density at radius 3 is 2.38 bits per heavy atom. The Morgan fingerprint density at radius 1 is 1.19 bits per heavy atom. The number of methoxy groups -OCH3 is 1. The molecule has 0 aliphatic carbocycles. The Morgan fingerprint density at radius 2 is 1.88 bits per heavy atom. The van der Waals surface area contributed by atoms with E-state index in [1.165, 1.54) is 5.56 Å². The molecule has 1 aromatic carbocycles. The molecule has 0 heterocycles. The van der Waals surface area contributed by atoms with Crippen molar-refractivity contribution < 1.29 is 9.47 Å². The molecular weight excluding hydrogens is 200 g/mol. The Labute approximate surface area is 98.6 Å². The van der Waals surface area contributed by atoms with Crippen LogP contribution in [-0.4, -0.2) is 13.7 Å². The Balaban J connectivity index is 3.01. The zero-order chi connectivity index (χ0) is 12.2. The van der Waals surface area contributed by atoms with Gasteiger partial charge in [0.15, 0.2) is 0 Å². The molecule has 0 spiro atoms. The summed E-state index contributed by atoms with van der Waals surface area (Å²) in [5, 5.41) is 0. The third kappa shape index (κ3) is 3.24. The quantitative estimate of drug-likeness (QED) is 0.776. The van der Waals surface area contributed by atoms with Gasteiger partial charge >= 0.3 is 0 Å². The van der Waals surface area contributed by atoms with Crippen molar-refractivity contribution in [2.45, 2.75) is 39.7 Å². The van der Waals surface area contributed by atoms with Gasteiger partial charge in [0.25, 0.3) is 0 Å². The first kappa shape index (κ1) is 13.0. The summed E-state index contributed by atoms with van der Waals surface area (Å²) < 4.78 is 10.8. The monoisotopic (exact) mass is 222 g/mol. The lowest BCUT2D eigenvalue weighted by atomic mass is 9.86. The number of benzene rings is 1. The van der Waals surface area contributed by atoms with Gasteiger partial charge in [0.05, 0.1) is 13.7 Å². The van der Waals surface area contributed by atoms with Crippen molar-refractivity contribution >= 4 is 0 Å². The summed E-state index contributed by atoms with van der Waals surface area (Å²) in [6.07, 6.45) is 0. The summed E-state index contributed by atoms with van der Waals surface area (Å²) in [7, 11) is 1.70. The SMILES string of the molecule is CCOCc1cc(C(C)(C)C)ccc1OC. The second kappa shape index (κ2) is 5.35. The van der Waals surface area contributed by atoms with Gasteiger partial charge < -0.3 is 9.47 Å². The predicted molar refractivity (Wildman–Crippen MR) is 67.0 cm³/mol. The standard InChI is InChI=1S/C14H22O2/c1-6-16-10-11-9-12(14(2,3)4)7-8-13(11)15-5/h7-9H,6,10H2,1-5H3. The van der Waals surface area contributed by atoms with Gasteiger partial charge in [-0.15, -0.1) is 0 Å². The summed E-state index contributed by atoms with van der Waals surface area (Å²) in [5.41, 5.74) is 2.59. The van der Waals surface area contributed by atoms with Crippen LogP contribution in [0, 0.1) is 0 Å². The van der Waals surface area contributed by atoms with Crippen LogP contribution in [0.15, 0.2) is 18.2 Å². The normalized spacial score (nSPS) is 11.6. The zero-order valence-electron chi connectivity index (χ0n) is 11.0. The van der Waals surface area contributed by atoms with Crippen LogP contribution in [0.2, 0.25) is 0 Å². The predicted octanol–water partition coefficient (Wildman–Crippen LogP) is 3.53. The smallest absolute Gasteiger partial charge is 0.124 e. The minimum Gasteiger partial charge on any atom is -0.496 e. The molecule has 1 rings (SSSR count).